The Morgan fingerprint density at radius 2 is 2.20 bits per heavy atom. The van der Waals surface area contributed by atoms with Crippen molar-refractivity contribution in [2.75, 3.05) is 0 Å². The molecule has 0 N–H and O–H groups in total. The lowest BCUT2D eigenvalue weighted by atomic mass is 10.2. The van der Waals surface area contributed by atoms with E-state index >= 15 is 0 Å². The third-order valence-corrected chi connectivity index (χ3v) is 1.95. The molecule has 0 aliphatic heterocycles. The van der Waals surface area contributed by atoms with Crippen molar-refractivity contribution in [1.29, 1.82) is 0 Å². The summed E-state index contributed by atoms with van der Waals surface area (Å²) in [5, 5.41) is 0.468. The van der Waals surface area contributed by atoms with Gasteiger partial charge in [0.2, 0.25) is 0 Å². The predicted molar refractivity (Wildman–Crippen MR) is 40.9 cm³/mol. The van der Waals surface area contributed by atoms with Crippen LogP contribution in [0.5, 0.6) is 0 Å². The van der Waals surface area contributed by atoms with Crippen LogP contribution in [0.1, 0.15) is 5.56 Å². The third kappa shape index (κ3) is 1.38. The summed E-state index contributed by atoms with van der Waals surface area (Å²) in [7, 11) is 3.18. The third-order valence-electron chi connectivity index (χ3n) is 1.24. The molecular formula is C7H5ClFSi. The van der Waals surface area contributed by atoms with Crippen LogP contribution in [0.4, 0.5) is 4.39 Å². The van der Waals surface area contributed by atoms with E-state index in [0.717, 1.165) is 0 Å². The first kappa shape index (κ1) is 7.76. The zero-order chi connectivity index (χ0) is 7.56. The van der Waals surface area contributed by atoms with E-state index in [1.807, 2.05) is 0 Å². The van der Waals surface area contributed by atoms with E-state index in [4.69, 9.17) is 11.6 Å². The van der Waals surface area contributed by atoms with Gasteiger partial charge in [-0.15, -0.1) is 0 Å². The Hall–Kier alpha value is -0.343. The molecule has 0 aliphatic carbocycles. The van der Waals surface area contributed by atoms with Gasteiger partial charge in [0, 0.05) is 20.8 Å². The van der Waals surface area contributed by atoms with Crippen molar-refractivity contribution < 1.29 is 4.39 Å². The summed E-state index contributed by atoms with van der Waals surface area (Å²) in [5.41, 5.74) is 0.515. The quantitative estimate of drug-likeness (QED) is 0.568. The predicted octanol–water partition coefficient (Wildman–Crippen LogP) is 2.15. The van der Waals surface area contributed by atoms with Gasteiger partial charge in [-0.3, -0.25) is 0 Å². The molecule has 1 aromatic rings. The molecule has 51 valence electrons. The SMILES string of the molecule is Fc1cccc(Cl)c1C[Si]. The van der Waals surface area contributed by atoms with Gasteiger partial charge in [-0.2, -0.15) is 0 Å². The van der Waals surface area contributed by atoms with E-state index in [-0.39, 0.29) is 5.82 Å². The molecule has 0 spiro atoms. The number of benzene rings is 1. The molecule has 0 bridgehead atoms. The summed E-state index contributed by atoms with van der Waals surface area (Å²) in [5.74, 6) is -0.262. The van der Waals surface area contributed by atoms with Crippen molar-refractivity contribution in [3.63, 3.8) is 0 Å². The summed E-state index contributed by atoms with van der Waals surface area (Å²) in [6.07, 6.45) is 0. The molecule has 0 unspecified atom stereocenters. The number of rotatable bonds is 1. The van der Waals surface area contributed by atoms with Crippen molar-refractivity contribution in [3.05, 3.63) is 34.6 Å². The van der Waals surface area contributed by atoms with Crippen LogP contribution in [0.2, 0.25) is 5.02 Å². The fourth-order valence-electron chi connectivity index (χ4n) is 0.701. The van der Waals surface area contributed by atoms with Crippen LogP contribution >= 0.6 is 11.6 Å². The topological polar surface area (TPSA) is 0 Å². The second kappa shape index (κ2) is 3.17. The van der Waals surface area contributed by atoms with E-state index in [0.29, 0.717) is 16.6 Å². The second-order valence-electron chi connectivity index (χ2n) is 1.88. The molecule has 0 saturated carbocycles. The van der Waals surface area contributed by atoms with Gasteiger partial charge in [0.25, 0.3) is 0 Å². The van der Waals surface area contributed by atoms with Gasteiger partial charge in [-0.25, -0.2) is 4.39 Å². The molecule has 0 amide bonds. The first-order valence-electron chi connectivity index (χ1n) is 2.83. The molecule has 0 aromatic heterocycles. The number of hydrogen-bond acceptors (Lipinski definition) is 0. The monoisotopic (exact) mass is 171 g/mol. The molecule has 1 aromatic carbocycles. The highest BCUT2D eigenvalue weighted by molar-refractivity contribution is 6.31. The van der Waals surface area contributed by atoms with Gasteiger partial charge in [0.05, 0.1) is 0 Å². The smallest absolute Gasteiger partial charge is 0.127 e. The fraction of sp³-hybridized carbons (Fsp3) is 0.143. The molecule has 0 aliphatic rings. The standard InChI is InChI=1S/C7H5ClFSi/c8-6-2-1-3-7(9)5(6)4-10/h1-3H,4H2. The minimum Gasteiger partial charge on any atom is -0.207 e. The maximum atomic E-state index is 12.7. The Balaban J connectivity index is 3.17. The molecular weight excluding hydrogens is 167 g/mol. The summed E-state index contributed by atoms with van der Waals surface area (Å²) < 4.78 is 12.7. The van der Waals surface area contributed by atoms with Crippen LogP contribution in [-0.4, -0.2) is 10.2 Å². The van der Waals surface area contributed by atoms with E-state index in [9.17, 15) is 4.39 Å². The van der Waals surface area contributed by atoms with Gasteiger partial charge in [0.15, 0.2) is 0 Å². The molecule has 0 nitrogen and oxygen atoms in total. The van der Waals surface area contributed by atoms with Crippen molar-refractivity contribution >= 4 is 21.8 Å². The summed E-state index contributed by atoms with van der Waals surface area (Å²) in [4.78, 5) is 0. The zero-order valence-corrected chi connectivity index (χ0v) is 6.95. The highest BCUT2D eigenvalue weighted by Gasteiger charge is 2.02. The van der Waals surface area contributed by atoms with E-state index < -0.39 is 0 Å². The van der Waals surface area contributed by atoms with E-state index in [1.165, 1.54) is 6.07 Å². The lowest BCUT2D eigenvalue weighted by Gasteiger charge is -1.99. The number of halogens is 2. The van der Waals surface area contributed by atoms with Crippen LogP contribution in [0.25, 0.3) is 0 Å². The Labute approximate surface area is 67.4 Å². The number of hydrogen-bond donors (Lipinski definition) is 0. The van der Waals surface area contributed by atoms with Crippen LogP contribution in [0.3, 0.4) is 0 Å². The highest BCUT2D eigenvalue weighted by Crippen LogP contribution is 2.17. The van der Waals surface area contributed by atoms with Crippen LogP contribution in [-0.2, 0) is 6.04 Å². The van der Waals surface area contributed by atoms with Crippen LogP contribution in [0, 0.1) is 5.82 Å². The molecule has 3 radical (unpaired) electrons. The highest BCUT2D eigenvalue weighted by atomic mass is 35.5. The lowest BCUT2D eigenvalue weighted by molar-refractivity contribution is 0.617. The van der Waals surface area contributed by atoms with Gasteiger partial charge in [-0.1, -0.05) is 17.7 Å². The van der Waals surface area contributed by atoms with Gasteiger partial charge < -0.3 is 0 Å². The molecule has 3 heteroatoms. The Kier molecular flexibility index (Phi) is 2.46. The Morgan fingerprint density at radius 3 is 2.60 bits per heavy atom. The normalized spacial score (nSPS) is 9.90. The van der Waals surface area contributed by atoms with Crippen LogP contribution < -0.4 is 0 Å². The molecule has 0 heterocycles. The van der Waals surface area contributed by atoms with Gasteiger partial charge in [0.1, 0.15) is 5.82 Å². The Bertz CT molecular complexity index is 217. The van der Waals surface area contributed by atoms with E-state index in [1.54, 1.807) is 12.1 Å². The second-order valence-corrected chi connectivity index (χ2v) is 2.64. The average Bonchev–Trinajstić information content (AvgIpc) is 1.88. The molecule has 10 heavy (non-hydrogen) atoms. The fourth-order valence-corrected chi connectivity index (χ4v) is 1.40. The first-order chi connectivity index (χ1) is 4.75. The summed E-state index contributed by atoms with van der Waals surface area (Å²) in [6.45, 7) is 0. The van der Waals surface area contributed by atoms with Gasteiger partial charge >= 0.3 is 0 Å². The van der Waals surface area contributed by atoms with Crippen molar-refractivity contribution in [3.8, 4) is 0 Å². The summed E-state index contributed by atoms with van der Waals surface area (Å²) in [6, 6.07) is 5.09. The minimum atomic E-state index is -0.262. The van der Waals surface area contributed by atoms with Crippen molar-refractivity contribution in [1.82, 2.24) is 0 Å². The van der Waals surface area contributed by atoms with Crippen molar-refractivity contribution in [2.24, 2.45) is 0 Å². The molecule has 0 atom stereocenters. The first-order valence-corrected chi connectivity index (χ1v) is 3.91. The molecule has 0 saturated heterocycles. The molecule has 1 rings (SSSR count). The molecule has 0 fully saturated rings. The Morgan fingerprint density at radius 1 is 1.50 bits per heavy atom. The largest absolute Gasteiger partial charge is 0.207 e. The maximum absolute atomic E-state index is 12.7. The zero-order valence-electron chi connectivity index (χ0n) is 5.20. The lowest BCUT2D eigenvalue weighted by Crippen LogP contribution is -1.90. The van der Waals surface area contributed by atoms with Gasteiger partial charge in [-0.05, 0) is 18.2 Å². The maximum Gasteiger partial charge on any atom is 0.127 e. The minimum absolute atomic E-state index is 0.262. The van der Waals surface area contributed by atoms with E-state index in [2.05, 4.69) is 10.2 Å². The average molecular weight is 172 g/mol. The van der Waals surface area contributed by atoms with Crippen LogP contribution in [0.15, 0.2) is 18.2 Å². The van der Waals surface area contributed by atoms with Crippen molar-refractivity contribution in [2.45, 2.75) is 6.04 Å². The summed E-state index contributed by atoms with van der Waals surface area (Å²) >= 11 is 5.66.